The fraction of sp³-hybridized carbons (Fsp3) is 0.556. The van der Waals surface area contributed by atoms with Gasteiger partial charge >= 0.3 is 0 Å². The molecule has 5 nitrogen and oxygen atoms in total. The van der Waals surface area contributed by atoms with E-state index in [0.717, 1.165) is 6.20 Å². The molecule has 6 heteroatoms. The van der Waals surface area contributed by atoms with Gasteiger partial charge in [-0.3, -0.25) is 0 Å². The number of rotatable bonds is 4. The van der Waals surface area contributed by atoms with Crippen LogP contribution in [0.3, 0.4) is 0 Å². The number of hydrogen-bond donors (Lipinski definition) is 3. The van der Waals surface area contributed by atoms with Gasteiger partial charge in [0.05, 0.1) is 18.3 Å². The van der Waals surface area contributed by atoms with Crippen molar-refractivity contribution in [1.82, 2.24) is 9.97 Å². The topological polar surface area (TPSA) is 70.1 Å². The Morgan fingerprint density at radius 3 is 2.73 bits per heavy atom. The number of halogens is 1. The van der Waals surface area contributed by atoms with Crippen LogP contribution in [0.4, 0.5) is 16.2 Å². The second-order valence-corrected chi connectivity index (χ2v) is 3.81. The second-order valence-electron chi connectivity index (χ2n) is 3.81. The summed E-state index contributed by atoms with van der Waals surface area (Å²) in [6, 6.07) is 0. The van der Waals surface area contributed by atoms with E-state index in [1.807, 2.05) is 0 Å². The molecule has 0 spiro atoms. The molecule has 15 heavy (non-hydrogen) atoms. The van der Waals surface area contributed by atoms with E-state index in [9.17, 15) is 4.39 Å². The summed E-state index contributed by atoms with van der Waals surface area (Å²) in [5.74, 6) is -0.142. The first kappa shape index (κ1) is 11.6. The number of nitrogens with zero attached hydrogens (tertiary/aromatic N) is 2. The number of aromatic nitrogens is 2. The summed E-state index contributed by atoms with van der Waals surface area (Å²) >= 11 is 0. The molecule has 84 valence electrons. The van der Waals surface area contributed by atoms with Crippen molar-refractivity contribution in [2.24, 2.45) is 0 Å². The maximum Gasteiger partial charge on any atom is 0.224 e. The molecule has 1 heterocycles. The first-order chi connectivity index (χ1) is 6.98. The summed E-state index contributed by atoms with van der Waals surface area (Å²) in [7, 11) is 1.65. The molecule has 0 aromatic carbocycles. The van der Waals surface area contributed by atoms with Crippen LogP contribution in [0.5, 0.6) is 0 Å². The van der Waals surface area contributed by atoms with Crippen molar-refractivity contribution in [2.75, 3.05) is 24.3 Å². The van der Waals surface area contributed by atoms with Gasteiger partial charge in [0.15, 0.2) is 11.6 Å². The minimum Gasteiger partial charge on any atom is -0.394 e. The molecule has 0 aliphatic heterocycles. The average molecular weight is 214 g/mol. The number of aliphatic hydroxyl groups is 1. The Labute approximate surface area is 87.8 Å². The lowest BCUT2D eigenvalue weighted by atomic mass is 10.1. The lowest BCUT2D eigenvalue weighted by Gasteiger charge is -2.24. The summed E-state index contributed by atoms with van der Waals surface area (Å²) in [5.41, 5.74) is -0.625. The molecule has 3 N–H and O–H groups in total. The van der Waals surface area contributed by atoms with Crippen LogP contribution in [-0.2, 0) is 0 Å². The Kier molecular flexibility index (Phi) is 3.41. The number of anilines is 2. The molecular weight excluding hydrogens is 199 g/mol. The van der Waals surface area contributed by atoms with Gasteiger partial charge in [-0.15, -0.1) is 0 Å². The summed E-state index contributed by atoms with van der Waals surface area (Å²) < 4.78 is 13.3. The quantitative estimate of drug-likeness (QED) is 0.693. The summed E-state index contributed by atoms with van der Waals surface area (Å²) in [6.45, 7) is 3.37. The van der Waals surface area contributed by atoms with Crippen LogP contribution in [0.15, 0.2) is 6.20 Å². The van der Waals surface area contributed by atoms with E-state index >= 15 is 0 Å². The van der Waals surface area contributed by atoms with Crippen molar-refractivity contribution in [3.63, 3.8) is 0 Å². The zero-order chi connectivity index (χ0) is 11.5. The van der Waals surface area contributed by atoms with Gasteiger partial charge in [-0.25, -0.2) is 9.37 Å². The third-order valence-corrected chi connectivity index (χ3v) is 1.82. The zero-order valence-corrected chi connectivity index (χ0v) is 9.00. The summed E-state index contributed by atoms with van der Waals surface area (Å²) in [6.07, 6.45) is 1.08. The summed E-state index contributed by atoms with van der Waals surface area (Å²) in [5, 5.41) is 14.5. The maximum absolute atomic E-state index is 13.3. The van der Waals surface area contributed by atoms with Crippen molar-refractivity contribution >= 4 is 11.8 Å². The van der Waals surface area contributed by atoms with E-state index in [4.69, 9.17) is 5.11 Å². The van der Waals surface area contributed by atoms with E-state index in [1.165, 1.54) is 0 Å². The molecule has 0 saturated carbocycles. The standard InChI is InChI=1S/C9H15FN4O/c1-9(2,5-15)14-7-6(10)4-12-8(11-3)13-7/h4,15H,5H2,1-3H3,(H2,11,12,13,14). The third kappa shape index (κ3) is 3.02. The Morgan fingerprint density at radius 1 is 1.53 bits per heavy atom. The minimum atomic E-state index is -0.625. The van der Waals surface area contributed by atoms with Gasteiger partial charge in [0.25, 0.3) is 0 Å². The van der Waals surface area contributed by atoms with Gasteiger partial charge in [0, 0.05) is 7.05 Å². The number of aliphatic hydroxyl groups excluding tert-OH is 1. The van der Waals surface area contributed by atoms with Gasteiger partial charge in [-0.2, -0.15) is 4.98 Å². The molecule has 0 unspecified atom stereocenters. The highest BCUT2D eigenvalue weighted by molar-refractivity contribution is 5.42. The maximum atomic E-state index is 13.3. The number of nitrogens with one attached hydrogen (secondary N) is 2. The van der Waals surface area contributed by atoms with Crippen LogP contribution in [0.2, 0.25) is 0 Å². The zero-order valence-electron chi connectivity index (χ0n) is 9.00. The molecule has 1 aromatic heterocycles. The van der Waals surface area contributed by atoms with E-state index < -0.39 is 11.4 Å². The first-order valence-corrected chi connectivity index (χ1v) is 4.58. The molecule has 0 aliphatic carbocycles. The van der Waals surface area contributed by atoms with E-state index in [1.54, 1.807) is 20.9 Å². The minimum absolute atomic E-state index is 0.0772. The Morgan fingerprint density at radius 2 is 2.20 bits per heavy atom. The van der Waals surface area contributed by atoms with Gasteiger partial charge < -0.3 is 15.7 Å². The highest BCUT2D eigenvalue weighted by Gasteiger charge is 2.19. The SMILES string of the molecule is CNc1ncc(F)c(NC(C)(C)CO)n1. The fourth-order valence-corrected chi connectivity index (χ4v) is 0.935. The van der Waals surface area contributed by atoms with Crippen LogP contribution in [-0.4, -0.2) is 34.3 Å². The van der Waals surface area contributed by atoms with Crippen LogP contribution >= 0.6 is 0 Å². The second kappa shape index (κ2) is 4.39. The molecule has 0 radical (unpaired) electrons. The molecule has 0 fully saturated rings. The van der Waals surface area contributed by atoms with Crippen molar-refractivity contribution in [1.29, 1.82) is 0 Å². The Bertz CT molecular complexity index is 343. The van der Waals surface area contributed by atoms with Gasteiger partial charge in [0.1, 0.15) is 0 Å². The third-order valence-electron chi connectivity index (χ3n) is 1.82. The molecule has 1 aromatic rings. The highest BCUT2D eigenvalue weighted by atomic mass is 19.1. The lowest BCUT2D eigenvalue weighted by molar-refractivity contribution is 0.233. The van der Waals surface area contributed by atoms with E-state index in [2.05, 4.69) is 20.6 Å². The van der Waals surface area contributed by atoms with Crippen molar-refractivity contribution in [3.05, 3.63) is 12.0 Å². The predicted molar refractivity (Wildman–Crippen MR) is 56.3 cm³/mol. The fourth-order valence-electron chi connectivity index (χ4n) is 0.935. The van der Waals surface area contributed by atoms with Crippen molar-refractivity contribution < 1.29 is 9.50 Å². The number of hydrogen-bond acceptors (Lipinski definition) is 5. The molecule has 0 aliphatic rings. The van der Waals surface area contributed by atoms with E-state index in [0.29, 0.717) is 5.95 Å². The molecule has 0 saturated heterocycles. The van der Waals surface area contributed by atoms with Gasteiger partial charge in [-0.05, 0) is 13.8 Å². The monoisotopic (exact) mass is 214 g/mol. The van der Waals surface area contributed by atoms with Crippen LogP contribution in [0.25, 0.3) is 0 Å². The van der Waals surface area contributed by atoms with Crippen LogP contribution < -0.4 is 10.6 Å². The Hall–Kier alpha value is -1.43. The molecule has 0 amide bonds. The normalized spacial score (nSPS) is 11.3. The molecule has 1 rings (SSSR count). The van der Waals surface area contributed by atoms with Crippen molar-refractivity contribution in [3.8, 4) is 0 Å². The largest absolute Gasteiger partial charge is 0.394 e. The van der Waals surface area contributed by atoms with Crippen LogP contribution in [0.1, 0.15) is 13.8 Å². The molecular formula is C9H15FN4O. The summed E-state index contributed by atoms with van der Waals surface area (Å²) in [4.78, 5) is 7.62. The van der Waals surface area contributed by atoms with E-state index in [-0.39, 0.29) is 12.4 Å². The lowest BCUT2D eigenvalue weighted by Crippen LogP contribution is -2.35. The van der Waals surface area contributed by atoms with Gasteiger partial charge in [-0.1, -0.05) is 0 Å². The Balaban J connectivity index is 2.93. The van der Waals surface area contributed by atoms with Gasteiger partial charge in [0.2, 0.25) is 5.95 Å². The highest BCUT2D eigenvalue weighted by Crippen LogP contribution is 2.16. The van der Waals surface area contributed by atoms with Crippen molar-refractivity contribution in [2.45, 2.75) is 19.4 Å². The van der Waals surface area contributed by atoms with Crippen LogP contribution in [0, 0.1) is 5.82 Å². The molecule has 0 atom stereocenters. The average Bonchev–Trinajstić information content (AvgIpc) is 2.21. The first-order valence-electron chi connectivity index (χ1n) is 4.58. The smallest absolute Gasteiger partial charge is 0.224 e. The molecule has 0 bridgehead atoms. The predicted octanol–water partition coefficient (Wildman–Crippen LogP) is 0.840.